The molecular weight excluding hydrogens is 238 g/mol. The van der Waals surface area contributed by atoms with Gasteiger partial charge in [-0.25, -0.2) is 0 Å². The molecule has 1 heterocycles. The second kappa shape index (κ2) is 7.29. The molecule has 0 spiro atoms. The standard InChI is InChI=1S/C16H23NO2/c1-2-13-3-5-15(6-4-13)19-12-9-16(18)14-7-10-17-11-8-14/h3-6,14,17H,2,7-12H2,1H3. The quantitative estimate of drug-likeness (QED) is 0.855. The van der Waals surface area contributed by atoms with Crippen LogP contribution in [0.5, 0.6) is 5.75 Å². The van der Waals surface area contributed by atoms with Gasteiger partial charge in [0.15, 0.2) is 0 Å². The lowest BCUT2D eigenvalue weighted by Gasteiger charge is -2.21. The number of hydrogen-bond donors (Lipinski definition) is 1. The number of carbonyl (C=O) groups excluding carboxylic acids is 1. The Morgan fingerprint density at radius 2 is 1.95 bits per heavy atom. The third-order valence-corrected chi connectivity index (χ3v) is 3.74. The van der Waals surface area contributed by atoms with Crippen molar-refractivity contribution in [3.05, 3.63) is 29.8 Å². The van der Waals surface area contributed by atoms with Gasteiger partial charge >= 0.3 is 0 Å². The first-order valence-electron chi connectivity index (χ1n) is 7.24. The fraction of sp³-hybridized carbons (Fsp3) is 0.562. The average molecular weight is 261 g/mol. The van der Waals surface area contributed by atoms with E-state index in [9.17, 15) is 4.79 Å². The van der Waals surface area contributed by atoms with Crippen molar-refractivity contribution in [3.8, 4) is 5.75 Å². The first kappa shape index (κ1) is 14.1. The number of nitrogens with one attached hydrogen (secondary N) is 1. The molecule has 1 aliphatic rings. The smallest absolute Gasteiger partial charge is 0.139 e. The molecule has 0 amide bonds. The van der Waals surface area contributed by atoms with E-state index in [0.717, 1.165) is 38.1 Å². The van der Waals surface area contributed by atoms with Crippen LogP contribution in [0.15, 0.2) is 24.3 Å². The van der Waals surface area contributed by atoms with Crippen LogP contribution in [0.4, 0.5) is 0 Å². The lowest BCUT2D eigenvalue weighted by atomic mass is 9.92. The second-order valence-electron chi connectivity index (χ2n) is 5.09. The van der Waals surface area contributed by atoms with Crippen LogP contribution in [-0.4, -0.2) is 25.5 Å². The Labute approximate surface area is 115 Å². The molecule has 0 atom stereocenters. The predicted octanol–water partition coefficient (Wildman–Crippen LogP) is 2.59. The molecule has 3 heteroatoms. The minimum Gasteiger partial charge on any atom is -0.493 e. The molecule has 0 saturated carbocycles. The van der Waals surface area contributed by atoms with Gasteiger partial charge in [-0.05, 0) is 50.0 Å². The normalized spacial score (nSPS) is 16.3. The van der Waals surface area contributed by atoms with E-state index >= 15 is 0 Å². The van der Waals surface area contributed by atoms with Crippen molar-refractivity contribution < 1.29 is 9.53 Å². The Morgan fingerprint density at radius 1 is 1.26 bits per heavy atom. The number of hydrogen-bond acceptors (Lipinski definition) is 3. The zero-order chi connectivity index (χ0) is 13.5. The summed E-state index contributed by atoms with van der Waals surface area (Å²) < 4.78 is 5.63. The van der Waals surface area contributed by atoms with Crippen molar-refractivity contribution in [2.45, 2.75) is 32.6 Å². The molecule has 19 heavy (non-hydrogen) atoms. The molecule has 1 saturated heterocycles. The molecule has 1 aliphatic heterocycles. The van der Waals surface area contributed by atoms with E-state index < -0.39 is 0 Å². The largest absolute Gasteiger partial charge is 0.493 e. The first-order chi connectivity index (χ1) is 9.29. The summed E-state index contributed by atoms with van der Waals surface area (Å²) >= 11 is 0. The summed E-state index contributed by atoms with van der Waals surface area (Å²) in [5.74, 6) is 1.45. The highest BCUT2D eigenvalue weighted by Gasteiger charge is 2.20. The fourth-order valence-corrected chi connectivity index (χ4v) is 2.44. The highest BCUT2D eigenvalue weighted by atomic mass is 16.5. The lowest BCUT2D eigenvalue weighted by Crippen LogP contribution is -2.32. The number of ketones is 1. The van der Waals surface area contributed by atoms with Gasteiger partial charge in [0.25, 0.3) is 0 Å². The molecule has 0 aliphatic carbocycles. The van der Waals surface area contributed by atoms with Crippen LogP contribution in [0.1, 0.15) is 31.7 Å². The van der Waals surface area contributed by atoms with Gasteiger partial charge in [0.2, 0.25) is 0 Å². The van der Waals surface area contributed by atoms with Gasteiger partial charge in [-0.3, -0.25) is 4.79 Å². The summed E-state index contributed by atoms with van der Waals surface area (Å²) in [6.07, 6.45) is 3.52. The molecule has 0 bridgehead atoms. The van der Waals surface area contributed by atoms with E-state index in [1.54, 1.807) is 0 Å². The summed E-state index contributed by atoms with van der Waals surface area (Å²) in [6, 6.07) is 8.11. The topological polar surface area (TPSA) is 38.3 Å². The Balaban J connectivity index is 1.71. The Kier molecular flexibility index (Phi) is 5.40. The van der Waals surface area contributed by atoms with Gasteiger partial charge < -0.3 is 10.1 Å². The molecule has 1 fully saturated rings. The maximum Gasteiger partial charge on any atom is 0.139 e. The first-order valence-corrected chi connectivity index (χ1v) is 7.24. The third-order valence-electron chi connectivity index (χ3n) is 3.74. The van der Waals surface area contributed by atoms with Crippen LogP contribution in [0.25, 0.3) is 0 Å². The number of aryl methyl sites for hydroxylation is 1. The van der Waals surface area contributed by atoms with Gasteiger partial charge in [-0.1, -0.05) is 19.1 Å². The minimum atomic E-state index is 0.243. The highest BCUT2D eigenvalue weighted by Crippen LogP contribution is 2.16. The Hall–Kier alpha value is -1.35. The van der Waals surface area contributed by atoms with Crippen LogP contribution in [-0.2, 0) is 11.2 Å². The van der Waals surface area contributed by atoms with Gasteiger partial charge in [0, 0.05) is 12.3 Å². The molecule has 0 unspecified atom stereocenters. The number of rotatable bonds is 6. The van der Waals surface area contributed by atoms with E-state index in [1.165, 1.54) is 5.56 Å². The average Bonchev–Trinajstić information content (AvgIpc) is 2.49. The summed E-state index contributed by atoms with van der Waals surface area (Å²) in [7, 11) is 0. The molecule has 0 radical (unpaired) electrons. The molecular formula is C16H23NO2. The Bertz CT molecular complexity index is 394. The van der Waals surface area contributed by atoms with Crippen molar-refractivity contribution in [1.82, 2.24) is 5.32 Å². The van der Waals surface area contributed by atoms with Crippen LogP contribution in [0.2, 0.25) is 0 Å². The van der Waals surface area contributed by atoms with Crippen LogP contribution >= 0.6 is 0 Å². The van der Waals surface area contributed by atoms with Gasteiger partial charge in [0.05, 0.1) is 6.61 Å². The molecule has 1 aromatic carbocycles. The van der Waals surface area contributed by atoms with Crippen molar-refractivity contribution >= 4 is 5.78 Å². The van der Waals surface area contributed by atoms with Crippen LogP contribution < -0.4 is 10.1 Å². The SMILES string of the molecule is CCc1ccc(OCCC(=O)C2CCNCC2)cc1. The number of benzene rings is 1. The molecule has 0 aromatic heterocycles. The molecule has 3 nitrogen and oxygen atoms in total. The predicted molar refractivity (Wildman–Crippen MR) is 76.5 cm³/mol. The zero-order valence-corrected chi connectivity index (χ0v) is 11.7. The fourth-order valence-electron chi connectivity index (χ4n) is 2.44. The van der Waals surface area contributed by atoms with E-state index in [1.807, 2.05) is 12.1 Å². The van der Waals surface area contributed by atoms with Crippen molar-refractivity contribution in [2.75, 3.05) is 19.7 Å². The zero-order valence-electron chi connectivity index (χ0n) is 11.7. The second-order valence-corrected chi connectivity index (χ2v) is 5.09. The minimum absolute atomic E-state index is 0.243. The van der Waals surface area contributed by atoms with Crippen molar-refractivity contribution in [2.24, 2.45) is 5.92 Å². The van der Waals surface area contributed by atoms with E-state index in [0.29, 0.717) is 18.8 Å². The number of Topliss-reactive ketones (excluding diaryl/α,β-unsaturated/α-hetero) is 1. The van der Waals surface area contributed by atoms with Crippen LogP contribution in [0.3, 0.4) is 0 Å². The summed E-state index contributed by atoms with van der Waals surface area (Å²) in [4.78, 5) is 12.0. The molecule has 1 N–H and O–H groups in total. The monoisotopic (exact) mass is 261 g/mol. The Morgan fingerprint density at radius 3 is 2.58 bits per heavy atom. The van der Waals surface area contributed by atoms with Gasteiger partial charge in [-0.2, -0.15) is 0 Å². The van der Waals surface area contributed by atoms with E-state index in [2.05, 4.69) is 24.4 Å². The maximum absolute atomic E-state index is 12.0. The van der Waals surface area contributed by atoms with Gasteiger partial charge in [0.1, 0.15) is 11.5 Å². The van der Waals surface area contributed by atoms with Crippen LogP contribution in [0, 0.1) is 5.92 Å². The molecule has 104 valence electrons. The number of carbonyl (C=O) groups is 1. The summed E-state index contributed by atoms with van der Waals surface area (Å²) in [6.45, 7) is 4.56. The highest BCUT2D eigenvalue weighted by molar-refractivity contribution is 5.81. The third kappa shape index (κ3) is 4.35. The van der Waals surface area contributed by atoms with E-state index in [-0.39, 0.29) is 5.92 Å². The number of piperidine rings is 1. The van der Waals surface area contributed by atoms with Gasteiger partial charge in [-0.15, -0.1) is 0 Å². The van der Waals surface area contributed by atoms with E-state index in [4.69, 9.17) is 4.74 Å². The molecule has 1 aromatic rings. The van der Waals surface area contributed by atoms with Crippen molar-refractivity contribution in [1.29, 1.82) is 0 Å². The summed E-state index contributed by atoms with van der Waals surface area (Å²) in [5.41, 5.74) is 1.30. The summed E-state index contributed by atoms with van der Waals surface area (Å²) in [5, 5.41) is 3.28. The number of ether oxygens (including phenoxy) is 1. The molecule has 2 rings (SSSR count). The van der Waals surface area contributed by atoms with Crippen molar-refractivity contribution in [3.63, 3.8) is 0 Å². The lowest BCUT2D eigenvalue weighted by molar-refractivity contribution is -0.124. The maximum atomic E-state index is 12.0.